The smallest absolute Gasteiger partial charge is 0.338 e. The van der Waals surface area contributed by atoms with E-state index in [1.54, 1.807) is 37.3 Å². The van der Waals surface area contributed by atoms with Crippen LogP contribution in [-0.4, -0.2) is 12.6 Å². The second kappa shape index (κ2) is 5.66. The van der Waals surface area contributed by atoms with Gasteiger partial charge in [-0.05, 0) is 30.7 Å². The van der Waals surface area contributed by atoms with Crippen molar-refractivity contribution < 1.29 is 13.9 Å². The Morgan fingerprint density at radius 3 is 2.52 bits per heavy atom. The Bertz CT molecular complexity index is 790. The summed E-state index contributed by atoms with van der Waals surface area (Å²) in [6, 6.07) is 14.2. The van der Waals surface area contributed by atoms with Gasteiger partial charge in [0, 0.05) is 10.1 Å². The molecule has 4 heteroatoms. The van der Waals surface area contributed by atoms with Crippen molar-refractivity contribution in [2.75, 3.05) is 6.61 Å². The molecule has 0 amide bonds. The Kier molecular flexibility index (Phi) is 3.71. The predicted octanol–water partition coefficient (Wildman–Crippen LogP) is 4.88. The third-order valence-corrected chi connectivity index (χ3v) is 4.39. The first kappa shape index (κ1) is 13.8. The van der Waals surface area contributed by atoms with E-state index in [0.717, 1.165) is 10.3 Å². The molecule has 0 unspecified atom stereocenters. The maximum absolute atomic E-state index is 14.4. The number of thiophene rings is 1. The fourth-order valence-electron chi connectivity index (χ4n) is 2.17. The zero-order chi connectivity index (χ0) is 14.8. The van der Waals surface area contributed by atoms with Gasteiger partial charge >= 0.3 is 5.97 Å². The highest BCUT2D eigenvalue weighted by molar-refractivity contribution is 7.22. The van der Waals surface area contributed by atoms with Crippen molar-refractivity contribution in [3.05, 3.63) is 59.9 Å². The lowest BCUT2D eigenvalue weighted by Gasteiger charge is -2.03. The topological polar surface area (TPSA) is 26.3 Å². The summed E-state index contributed by atoms with van der Waals surface area (Å²) < 4.78 is 20.3. The Balaban J connectivity index is 1.99. The Labute approximate surface area is 125 Å². The van der Waals surface area contributed by atoms with Crippen LogP contribution in [0, 0.1) is 5.82 Å². The minimum atomic E-state index is -0.360. The van der Waals surface area contributed by atoms with E-state index in [0.29, 0.717) is 22.4 Å². The minimum Gasteiger partial charge on any atom is -0.462 e. The number of carbonyl (C=O) groups is 1. The highest BCUT2D eigenvalue weighted by Gasteiger charge is 2.14. The summed E-state index contributed by atoms with van der Waals surface area (Å²) in [5.74, 6) is -0.569. The fraction of sp³-hybridized carbons (Fsp3) is 0.118. The molecule has 0 aliphatic heterocycles. The van der Waals surface area contributed by atoms with E-state index in [2.05, 4.69) is 0 Å². The van der Waals surface area contributed by atoms with Crippen LogP contribution in [0.25, 0.3) is 20.5 Å². The van der Waals surface area contributed by atoms with E-state index in [1.807, 2.05) is 18.2 Å². The molecule has 0 aliphatic rings. The molecule has 0 bridgehead atoms. The summed E-state index contributed by atoms with van der Waals surface area (Å²) in [5.41, 5.74) is 1.24. The van der Waals surface area contributed by atoms with E-state index in [1.165, 1.54) is 11.3 Å². The Hall–Kier alpha value is -2.20. The molecule has 106 valence electrons. The van der Waals surface area contributed by atoms with E-state index >= 15 is 0 Å². The maximum atomic E-state index is 14.4. The van der Waals surface area contributed by atoms with Gasteiger partial charge in [-0.3, -0.25) is 0 Å². The summed E-state index contributed by atoms with van der Waals surface area (Å²) >= 11 is 1.41. The molecule has 0 saturated heterocycles. The molecule has 0 aliphatic carbocycles. The molecule has 0 saturated carbocycles. The van der Waals surface area contributed by atoms with Crippen molar-refractivity contribution in [3.63, 3.8) is 0 Å². The first-order chi connectivity index (χ1) is 10.2. The SMILES string of the molecule is CCOC(=O)c1ccc(-c2sc3ccccc3c2F)cc1. The van der Waals surface area contributed by atoms with Gasteiger partial charge in [0.05, 0.1) is 17.0 Å². The second-order valence-corrected chi connectivity index (χ2v) is 5.59. The number of rotatable bonds is 3. The summed E-state index contributed by atoms with van der Waals surface area (Å²) in [6.07, 6.45) is 0. The predicted molar refractivity (Wildman–Crippen MR) is 83.2 cm³/mol. The van der Waals surface area contributed by atoms with Crippen LogP contribution in [0.3, 0.4) is 0 Å². The molecule has 0 spiro atoms. The highest BCUT2D eigenvalue weighted by Crippen LogP contribution is 2.37. The molecular formula is C17H13FO2S. The van der Waals surface area contributed by atoms with Gasteiger partial charge in [-0.15, -0.1) is 11.3 Å². The highest BCUT2D eigenvalue weighted by atomic mass is 32.1. The van der Waals surface area contributed by atoms with Gasteiger partial charge in [0.15, 0.2) is 0 Å². The Morgan fingerprint density at radius 2 is 1.86 bits per heavy atom. The third-order valence-electron chi connectivity index (χ3n) is 3.19. The fourth-order valence-corrected chi connectivity index (χ4v) is 3.26. The minimum absolute atomic E-state index is 0.209. The monoisotopic (exact) mass is 300 g/mol. The first-order valence-corrected chi connectivity index (χ1v) is 7.47. The molecule has 0 radical (unpaired) electrons. The van der Waals surface area contributed by atoms with E-state index in [4.69, 9.17) is 4.74 Å². The summed E-state index contributed by atoms with van der Waals surface area (Å²) in [7, 11) is 0. The van der Waals surface area contributed by atoms with Crippen LogP contribution in [0.5, 0.6) is 0 Å². The van der Waals surface area contributed by atoms with Gasteiger partial charge < -0.3 is 4.74 Å². The third kappa shape index (κ3) is 2.54. The average molecular weight is 300 g/mol. The number of hydrogen-bond acceptors (Lipinski definition) is 3. The van der Waals surface area contributed by atoms with Gasteiger partial charge in [-0.25, -0.2) is 9.18 Å². The van der Waals surface area contributed by atoms with Crippen molar-refractivity contribution in [1.82, 2.24) is 0 Å². The maximum Gasteiger partial charge on any atom is 0.338 e. The van der Waals surface area contributed by atoms with Crippen molar-refractivity contribution >= 4 is 27.4 Å². The van der Waals surface area contributed by atoms with Gasteiger partial charge in [-0.2, -0.15) is 0 Å². The number of hydrogen-bond donors (Lipinski definition) is 0. The van der Waals surface area contributed by atoms with Gasteiger partial charge in [0.1, 0.15) is 5.82 Å². The molecular weight excluding hydrogens is 287 g/mol. The number of carbonyl (C=O) groups excluding carboxylic acids is 1. The van der Waals surface area contributed by atoms with Gasteiger partial charge in [-0.1, -0.05) is 30.3 Å². The number of benzene rings is 2. The lowest BCUT2D eigenvalue weighted by molar-refractivity contribution is 0.0526. The quantitative estimate of drug-likeness (QED) is 0.644. The summed E-state index contributed by atoms with van der Waals surface area (Å²) in [4.78, 5) is 12.2. The van der Waals surface area contributed by atoms with Crippen LogP contribution in [0.4, 0.5) is 4.39 Å². The van der Waals surface area contributed by atoms with Crippen molar-refractivity contribution in [2.45, 2.75) is 6.92 Å². The molecule has 0 atom stereocenters. The summed E-state index contributed by atoms with van der Waals surface area (Å²) in [5, 5.41) is 0.631. The summed E-state index contributed by atoms with van der Waals surface area (Å²) in [6.45, 7) is 2.10. The number of ether oxygens (including phenoxy) is 1. The average Bonchev–Trinajstić information content (AvgIpc) is 2.85. The second-order valence-electron chi connectivity index (χ2n) is 4.54. The normalized spacial score (nSPS) is 10.8. The zero-order valence-corrected chi connectivity index (χ0v) is 12.2. The molecule has 0 fully saturated rings. The Morgan fingerprint density at radius 1 is 1.14 bits per heavy atom. The lowest BCUT2D eigenvalue weighted by atomic mass is 10.1. The van der Waals surface area contributed by atoms with Crippen LogP contribution in [0.1, 0.15) is 17.3 Å². The van der Waals surface area contributed by atoms with Crippen LogP contribution in [-0.2, 0) is 4.74 Å². The molecule has 2 nitrogen and oxygen atoms in total. The van der Waals surface area contributed by atoms with Crippen molar-refractivity contribution in [2.24, 2.45) is 0 Å². The molecule has 1 aromatic heterocycles. The van der Waals surface area contributed by atoms with Crippen molar-refractivity contribution in [3.8, 4) is 10.4 Å². The molecule has 2 aromatic carbocycles. The molecule has 3 rings (SSSR count). The van der Waals surface area contributed by atoms with Gasteiger partial charge in [0.25, 0.3) is 0 Å². The van der Waals surface area contributed by atoms with Crippen LogP contribution >= 0.6 is 11.3 Å². The number of esters is 1. The first-order valence-electron chi connectivity index (χ1n) is 6.65. The van der Waals surface area contributed by atoms with E-state index < -0.39 is 0 Å². The van der Waals surface area contributed by atoms with E-state index in [-0.39, 0.29) is 11.8 Å². The molecule has 0 N–H and O–H groups in total. The number of fused-ring (bicyclic) bond motifs is 1. The van der Waals surface area contributed by atoms with Crippen LogP contribution in [0.15, 0.2) is 48.5 Å². The van der Waals surface area contributed by atoms with E-state index in [9.17, 15) is 9.18 Å². The standard InChI is InChI=1S/C17H13FO2S/c1-2-20-17(19)12-9-7-11(8-10-12)16-15(18)13-5-3-4-6-14(13)21-16/h3-10H,2H2,1H3. The molecule has 1 heterocycles. The largest absolute Gasteiger partial charge is 0.462 e. The van der Waals surface area contributed by atoms with Crippen molar-refractivity contribution in [1.29, 1.82) is 0 Å². The zero-order valence-electron chi connectivity index (χ0n) is 11.4. The lowest BCUT2D eigenvalue weighted by Crippen LogP contribution is -2.03. The molecule has 3 aromatic rings. The van der Waals surface area contributed by atoms with Crippen LogP contribution in [0.2, 0.25) is 0 Å². The van der Waals surface area contributed by atoms with Gasteiger partial charge in [0.2, 0.25) is 0 Å². The number of halogens is 1. The van der Waals surface area contributed by atoms with Crippen LogP contribution < -0.4 is 0 Å². The molecule has 21 heavy (non-hydrogen) atoms.